The summed E-state index contributed by atoms with van der Waals surface area (Å²) in [5.41, 5.74) is 5.42. The predicted molar refractivity (Wildman–Crippen MR) is 64.2 cm³/mol. The number of hydrogen-bond acceptors (Lipinski definition) is 3. The van der Waals surface area contributed by atoms with Gasteiger partial charge in [0.05, 0.1) is 0 Å². The van der Waals surface area contributed by atoms with Gasteiger partial charge in [-0.2, -0.15) is 0 Å². The molecule has 0 aromatic carbocycles. The second-order valence-corrected chi connectivity index (χ2v) is 5.73. The maximum atomic E-state index is 11.7. The quantitative estimate of drug-likeness (QED) is 0.803. The fraction of sp³-hybridized carbons (Fsp3) is 0.917. The van der Waals surface area contributed by atoms with Crippen LogP contribution in [0.3, 0.4) is 0 Å². The van der Waals surface area contributed by atoms with E-state index in [-0.39, 0.29) is 11.5 Å². The number of ether oxygens (including phenoxy) is 1. The summed E-state index contributed by atoms with van der Waals surface area (Å²) in [5.74, 6) is 0. The maximum Gasteiger partial charge on any atom is 0.410 e. The number of amides is 1. The molecule has 1 aliphatic rings. The van der Waals surface area contributed by atoms with Crippen LogP contribution in [0.1, 0.15) is 40.5 Å². The van der Waals surface area contributed by atoms with Gasteiger partial charge in [-0.05, 0) is 40.2 Å². The van der Waals surface area contributed by atoms with E-state index in [2.05, 4.69) is 6.92 Å². The third-order valence-corrected chi connectivity index (χ3v) is 3.13. The zero-order chi connectivity index (χ0) is 12.4. The molecule has 16 heavy (non-hydrogen) atoms. The van der Waals surface area contributed by atoms with Crippen LogP contribution in [0, 0.1) is 5.41 Å². The van der Waals surface area contributed by atoms with Gasteiger partial charge in [-0.1, -0.05) is 6.92 Å². The highest BCUT2D eigenvalue weighted by Crippen LogP contribution is 2.37. The lowest BCUT2D eigenvalue weighted by molar-refractivity contribution is -0.0382. The second-order valence-electron chi connectivity index (χ2n) is 5.73. The van der Waals surface area contributed by atoms with Crippen molar-refractivity contribution in [2.75, 3.05) is 19.6 Å². The molecule has 2 N–H and O–H groups in total. The van der Waals surface area contributed by atoms with Crippen LogP contribution in [0.15, 0.2) is 0 Å². The van der Waals surface area contributed by atoms with Crippen LogP contribution in [0.5, 0.6) is 0 Å². The van der Waals surface area contributed by atoms with E-state index in [1.165, 1.54) is 0 Å². The van der Waals surface area contributed by atoms with Crippen molar-refractivity contribution in [2.24, 2.45) is 11.1 Å². The van der Waals surface area contributed by atoms with E-state index in [4.69, 9.17) is 10.5 Å². The maximum absolute atomic E-state index is 11.7. The first-order chi connectivity index (χ1) is 7.32. The van der Waals surface area contributed by atoms with Crippen molar-refractivity contribution in [3.63, 3.8) is 0 Å². The average Bonchev–Trinajstić information content (AvgIpc) is 2.07. The Hall–Kier alpha value is -0.770. The summed E-state index contributed by atoms with van der Waals surface area (Å²) >= 11 is 0. The zero-order valence-electron chi connectivity index (χ0n) is 10.9. The first kappa shape index (κ1) is 13.3. The van der Waals surface area contributed by atoms with Crippen LogP contribution < -0.4 is 5.73 Å². The van der Waals surface area contributed by atoms with E-state index < -0.39 is 5.60 Å². The summed E-state index contributed by atoms with van der Waals surface area (Å²) in [4.78, 5) is 13.5. The van der Waals surface area contributed by atoms with Crippen molar-refractivity contribution >= 4 is 6.09 Å². The highest BCUT2D eigenvalue weighted by Gasteiger charge is 2.44. The summed E-state index contributed by atoms with van der Waals surface area (Å²) in [6, 6.07) is 0. The second kappa shape index (κ2) is 4.62. The van der Waals surface area contributed by atoms with Gasteiger partial charge in [-0.3, -0.25) is 0 Å². The Morgan fingerprint density at radius 1 is 1.44 bits per heavy atom. The molecule has 94 valence electrons. The highest BCUT2D eigenvalue weighted by molar-refractivity contribution is 5.69. The lowest BCUT2D eigenvalue weighted by atomic mass is 9.75. The number of carbonyl (C=O) groups excluding carboxylic acids is 1. The van der Waals surface area contributed by atoms with Crippen LogP contribution in [-0.4, -0.2) is 36.2 Å². The van der Waals surface area contributed by atoms with Crippen LogP contribution in [-0.2, 0) is 4.74 Å². The fourth-order valence-electron chi connectivity index (χ4n) is 2.08. The number of nitrogens with zero attached hydrogens (tertiary/aromatic N) is 1. The Labute approximate surface area is 98.1 Å². The molecule has 0 spiro atoms. The highest BCUT2D eigenvalue weighted by atomic mass is 16.6. The van der Waals surface area contributed by atoms with Crippen molar-refractivity contribution in [3.05, 3.63) is 0 Å². The Balaban J connectivity index is 2.42. The molecular formula is C12H24N2O2. The Morgan fingerprint density at radius 3 is 2.38 bits per heavy atom. The van der Waals surface area contributed by atoms with Crippen LogP contribution in [0.2, 0.25) is 0 Å². The van der Waals surface area contributed by atoms with Crippen LogP contribution in [0.25, 0.3) is 0 Å². The minimum atomic E-state index is -0.407. The van der Waals surface area contributed by atoms with Crippen LogP contribution in [0.4, 0.5) is 4.79 Å². The molecule has 0 bridgehead atoms. The van der Waals surface area contributed by atoms with Gasteiger partial charge < -0.3 is 15.4 Å². The zero-order valence-corrected chi connectivity index (χ0v) is 10.9. The van der Waals surface area contributed by atoms with Gasteiger partial charge in [0, 0.05) is 18.5 Å². The lowest BCUT2D eigenvalue weighted by Crippen LogP contribution is -2.59. The van der Waals surface area contributed by atoms with E-state index >= 15 is 0 Å². The van der Waals surface area contributed by atoms with Gasteiger partial charge in [-0.25, -0.2) is 4.79 Å². The standard InChI is InChI=1S/C12H24N2O2/c1-5-12(6-7-13)8-14(9-12)10(15)16-11(2,3)4/h5-9,13H2,1-4H3. The topological polar surface area (TPSA) is 55.6 Å². The third-order valence-electron chi connectivity index (χ3n) is 3.13. The molecule has 1 rings (SSSR count). The van der Waals surface area contributed by atoms with Crippen LogP contribution >= 0.6 is 0 Å². The molecule has 1 heterocycles. The minimum Gasteiger partial charge on any atom is -0.444 e. The van der Waals surface area contributed by atoms with E-state index in [1.807, 2.05) is 20.8 Å². The van der Waals surface area contributed by atoms with Crippen molar-refractivity contribution in [2.45, 2.75) is 46.1 Å². The van der Waals surface area contributed by atoms with Crippen molar-refractivity contribution in [3.8, 4) is 0 Å². The molecular weight excluding hydrogens is 204 g/mol. The van der Waals surface area contributed by atoms with Crippen molar-refractivity contribution < 1.29 is 9.53 Å². The Bertz CT molecular complexity index is 252. The summed E-state index contributed by atoms with van der Waals surface area (Å²) in [5, 5.41) is 0. The first-order valence-corrected chi connectivity index (χ1v) is 6.00. The van der Waals surface area contributed by atoms with Gasteiger partial charge in [0.25, 0.3) is 0 Å². The van der Waals surface area contributed by atoms with E-state index in [0.29, 0.717) is 6.54 Å². The summed E-state index contributed by atoms with van der Waals surface area (Å²) in [7, 11) is 0. The Morgan fingerprint density at radius 2 is 2.00 bits per heavy atom. The molecule has 0 radical (unpaired) electrons. The molecule has 0 atom stereocenters. The lowest BCUT2D eigenvalue weighted by Gasteiger charge is -2.49. The minimum absolute atomic E-state index is 0.200. The van der Waals surface area contributed by atoms with E-state index in [1.54, 1.807) is 4.90 Å². The number of likely N-dealkylation sites (tertiary alicyclic amines) is 1. The van der Waals surface area contributed by atoms with Gasteiger partial charge in [-0.15, -0.1) is 0 Å². The smallest absolute Gasteiger partial charge is 0.410 e. The molecule has 4 nitrogen and oxygen atoms in total. The van der Waals surface area contributed by atoms with E-state index in [0.717, 1.165) is 25.9 Å². The van der Waals surface area contributed by atoms with Crippen molar-refractivity contribution in [1.82, 2.24) is 4.90 Å². The normalized spacial score (nSPS) is 19.2. The Kier molecular flexibility index (Phi) is 3.84. The first-order valence-electron chi connectivity index (χ1n) is 6.00. The van der Waals surface area contributed by atoms with Crippen molar-refractivity contribution in [1.29, 1.82) is 0 Å². The molecule has 1 fully saturated rings. The number of carbonyl (C=O) groups is 1. The predicted octanol–water partition coefficient (Wildman–Crippen LogP) is 1.98. The van der Waals surface area contributed by atoms with E-state index in [9.17, 15) is 4.79 Å². The molecule has 1 amide bonds. The number of rotatable bonds is 3. The SMILES string of the molecule is CCC1(CCN)CN(C(=O)OC(C)(C)C)C1. The average molecular weight is 228 g/mol. The largest absolute Gasteiger partial charge is 0.444 e. The van der Waals surface area contributed by atoms with Gasteiger partial charge in [0.1, 0.15) is 5.60 Å². The number of nitrogens with two attached hydrogens (primary N) is 1. The summed E-state index contributed by atoms with van der Waals surface area (Å²) < 4.78 is 5.31. The molecule has 1 saturated heterocycles. The third kappa shape index (κ3) is 3.11. The van der Waals surface area contributed by atoms with Gasteiger partial charge >= 0.3 is 6.09 Å². The monoisotopic (exact) mass is 228 g/mol. The summed E-state index contributed by atoms with van der Waals surface area (Å²) in [6.07, 6.45) is 1.86. The molecule has 0 aliphatic carbocycles. The molecule has 0 saturated carbocycles. The molecule has 1 aliphatic heterocycles. The molecule has 0 unspecified atom stereocenters. The fourth-order valence-corrected chi connectivity index (χ4v) is 2.08. The molecule has 0 aromatic rings. The molecule has 4 heteroatoms. The summed E-state index contributed by atoms with van der Waals surface area (Å²) in [6.45, 7) is 10.1. The van der Waals surface area contributed by atoms with Gasteiger partial charge in [0.2, 0.25) is 0 Å². The van der Waals surface area contributed by atoms with Gasteiger partial charge in [0.15, 0.2) is 0 Å². The number of hydrogen-bond donors (Lipinski definition) is 1. The molecule has 0 aromatic heterocycles.